The lowest BCUT2D eigenvalue weighted by Crippen LogP contribution is -2.45. The Morgan fingerprint density at radius 2 is 1.77 bits per heavy atom. The predicted molar refractivity (Wildman–Crippen MR) is 92.4 cm³/mol. The third-order valence-corrected chi connectivity index (χ3v) is 4.97. The molecule has 2 rings (SSSR count). The van der Waals surface area contributed by atoms with Gasteiger partial charge < -0.3 is 15.0 Å². The number of hydrogen-bond acceptors (Lipinski definition) is 6. The van der Waals surface area contributed by atoms with Crippen molar-refractivity contribution >= 4 is 33.5 Å². The van der Waals surface area contributed by atoms with E-state index in [0.29, 0.717) is 32.5 Å². The first-order chi connectivity index (χ1) is 12.2. The van der Waals surface area contributed by atoms with Gasteiger partial charge in [0.25, 0.3) is 0 Å². The van der Waals surface area contributed by atoms with E-state index in [9.17, 15) is 22.8 Å². The third-order valence-electron chi connectivity index (χ3n) is 4.04. The average molecular weight is 383 g/mol. The highest BCUT2D eigenvalue weighted by Gasteiger charge is 2.30. The van der Waals surface area contributed by atoms with E-state index in [1.54, 1.807) is 6.92 Å². The molecule has 0 radical (unpaired) electrons. The smallest absolute Gasteiger partial charge is 0.313 e. The number of carbonyl (C=O) groups excluding carboxylic acids is 3. The van der Waals surface area contributed by atoms with Gasteiger partial charge in [-0.2, -0.15) is 0 Å². The maximum absolute atomic E-state index is 12.2. The van der Waals surface area contributed by atoms with Crippen molar-refractivity contribution in [3.05, 3.63) is 24.3 Å². The minimum Gasteiger partial charge on any atom is -0.466 e. The van der Waals surface area contributed by atoms with E-state index in [1.165, 1.54) is 29.2 Å². The van der Waals surface area contributed by atoms with E-state index in [2.05, 4.69) is 5.32 Å². The van der Waals surface area contributed by atoms with E-state index in [1.807, 2.05) is 0 Å². The largest absolute Gasteiger partial charge is 0.466 e. The number of sulfonamides is 1. The van der Waals surface area contributed by atoms with Crippen LogP contribution in [0, 0.1) is 5.92 Å². The summed E-state index contributed by atoms with van der Waals surface area (Å²) >= 11 is 0. The number of carbonyl (C=O) groups is 3. The molecule has 1 saturated heterocycles. The molecule has 1 aromatic rings. The molecule has 9 nitrogen and oxygen atoms in total. The van der Waals surface area contributed by atoms with Crippen LogP contribution in [0.4, 0.5) is 5.69 Å². The second-order valence-corrected chi connectivity index (χ2v) is 7.40. The normalized spacial score (nSPS) is 15.4. The van der Waals surface area contributed by atoms with Gasteiger partial charge in [-0.3, -0.25) is 14.4 Å². The van der Waals surface area contributed by atoms with Gasteiger partial charge in [-0.05, 0) is 44.0 Å². The van der Waals surface area contributed by atoms with Crippen molar-refractivity contribution < 1.29 is 27.5 Å². The summed E-state index contributed by atoms with van der Waals surface area (Å²) in [5.41, 5.74) is 0.275. The Morgan fingerprint density at radius 1 is 1.19 bits per heavy atom. The van der Waals surface area contributed by atoms with Gasteiger partial charge in [-0.15, -0.1) is 0 Å². The fraction of sp³-hybridized carbons (Fsp3) is 0.438. The molecule has 0 aliphatic carbocycles. The lowest BCUT2D eigenvalue weighted by atomic mass is 9.97. The zero-order valence-electron chi connectivity index (χ0n) is 14.3. The standard InChI is InChI=1S/C16H21N3O6S/c1-2-25-16(22)11-7-9-19(10-8-11)15(21)14(20)18-12-3-5-13(6-4-12)26(17,23)24/h3-6,11H,2,7-10H2,1H3,(H,18,20)(H2,17,23,24). The highest BCUT2D eigenvalue weighted by molar-refractivity contribution is 7.89. The first-order valence-electron chi connectivity index (χ1n) is 8.12. The molecule has 0 atom stereocenters. The second kappa shape index (κ2) is 8.28. The monoisotopic (exact) mass is 383 g/mol. The number of esters is 1. The molecule has 1 aliphatic rings. The molecule has 3 N–H and O–H groups in total. The quantitative estimate of drug-likeness (QED) is 0.558. The van der Waals surface area contributed by atoms with Crippen LogP contribution in [-0.2, 0) is 29.1 Å². The van der Waals surface area contributed by atoms with Crippen molar-refractivity contribution in [1.82, 2.24) is 4.90 Å². The van der Waals surface area contributed by atoms with E-state index < -0.39 is 21.8 Å². The number of nitrogens with one attached hydrogen (secondary N) is 1. The van der Waals surface area contributed by atoms with Gasteiger partial charge in [-0.25, -0.2) is 13.6 Å². The fourth-order valence-electron chi connectivity index (χ4n) is 2.63. The number of nitrogens with two attached hydrogens (primary N) is 1. The molecular weight excluding hydrogens is 362 g/mol. The lowest BCUT2D eigenvalue weighted by molar-refractivity contribution is -0.152. The minimum absolute atomic E-state index is 0.0946. The van der Waals surface area contributed by atoms with E-state index >= 15 is 0 Å². The number of primary sulfonamides is 1. The number of ether oxygens (including phenoxy) is 1. The van der Waals surface area contributed by atoms with Crippen molar-refractivity contribution in [2.45, 2.75) is 24.7 Å². The number of rotatable bonds is 4. The van der Waals surface area contributed by atoms with Crippen LogP contribution in [0.2, 0.25) is 0 Å². The van der Waals surface area contributed by atoms with Crippen molar-refractivity contribution in [1.29, 1.82) is 0 Å². The molecule has 0 aromatic heterocycles. The van der Waals surface area contributed by atoms with Gasteiger partial charge in [0.05, 0.1) is 17.4 Å². The van der Waals surface area contributed by atoms with Gasteiger partial charge in [-0.1, -0.05) is 0 Å². The van der Waals surface area contributed by atoms with Crippen LogP contribution in [0.5, 0.6) is 0 Å². The molecule has 1 heterocycles. The van der Waals surface area contributed by atoms with Crippen LogP contribution >= 0.6 is 0 Å². The second-order valence-electron chi connectivity index (χ2n) is 5.84. The lowest BCUT2D eigenvalue weighted by Gasteiger charge is -2.30. The highest BCUT2D eigenvalue weighted by Crippen LogP contribution is 2.19. The number of anilines is 1. The Morgan fingerprint density at radius 3 is 2.27 bits per heavy atom. The topological polar surface area (TPSA) is 136 Å². The molecule has 1 aromatic carbocycles. The van der Waals surface area contributed by atoms with Crippen molar-refractivity contribution in [3.63, 3.8) is 0 Å². The van der Waals surface area contributed by atoms with Gasteiger partial charge in [0.1, 0.15) is 0 Å². The van der Waals surface area contributed by atoms with Crippen molar-refractivity contribution in [2.24, 2.45) is 11.1 Å². The van der Waals surface area contributed by atoms with Gasteiger partial charge in [0.2, 0.25) is 10.0 Å². The Labute approximate surface area is 151 Å². The zero-order valence-corrected chi connectivity index (χ0v) is 15.1. The Bertz CT molecular complexity index is 783. The number of likely N-dealkylation sites (tertiary alicyclic amines) is 1. The molecule has 2 amide bonds. The van der Waals surface area contributed by atoms with Crippen LogP contribution in [0.1, 0.15) is 19.8 Å². The van der Waals surface area contributed by atoms with Gasteiger partial charge >= 0.3 is 17.8 Å². The number of benzene rings is 1. The zero-order chi connectivity index (χ0) is 19.3. The van der Waals surface area contributed by atoms with Crippen LogP contribution < -0.4 is 10.5 Å². The van der Waals surface area contributed by atoms with Crippen LogP contribution in [0.25, 0.3) is 0 Å². The maximum Gasteiger partial charge on any atom is 0.313 e. The number of nitrogens with zero attached hydrogens (tertiary/aromatic N) is 1. The Hall–Kier alpha value is -2.46. The van der Waals surface area contributed by atoms with Gasteiger partial charge in [0, 0.05) is 18.8 Å². The molecule has 10 heteroatoms. The number of hydrogen-bond donors (Lipinski definition) is 2. The Balaban J connectivity index is 1.90. The van der Waals surface area contributed by atoms with Crippen LogP contribution in [0.3, 0.4) is 0 Å². The summed E-state index contributed by atoms with van der Waals surface area (Å²) in [6.45, 7) is 2.63. The predicted octanol–water partition coefficient (Wildman–Crippen LogP) is 0.0742. The molecule has 1 fully saturated rings. The molecule has 0 spiro atoms. The fourth-order valence-corrected chi connectivity index (χ4v) is 3.15. The van der Waals surface area contributed by atoms with Crippen molar-refractivity contribution in [2.75, 3.05) is 25.0 Å². The molecule has 26 heavy (non-hydrogen) atoms. The molecule has 0 saturated carbocycles. The molecule has 0 bridgehead atoms. The van der Waals surface area contributed by atoms with E-state index in [4.69, 9.17) is 9.88 Å². The third kappa shape index (κ3) is 5.02. The highest BCUT2D eigenvalue weighted by atomic mass is 32.2. The minimum atomic E-state index is -3.82. The summed E-state index contributed by atoms with van der Waals surface area (Å²) in [4.78, 5) is 37.3. The maximum atomic E-state index is 12.2. The van der Waals surface area contributed by atoms with Crippen molar-refractivity contribution in [3.8, 4) is 0 Å². The number of piperidine rings is 1. The Kier molecular flexibility index (Phi) is 6.32. The van der Waals surface area contributed by atoms with E-state index in [0.717, 1.165) is 0 Å². The summed E-state index contributed by atoms with van der Waals surface area (Å²) < 4.78 is 27.4. The van der Waals surface area contributed by atoms with Gasteiger partial charge in [0.15, 0.2) is 0 Å². The molecule has 142 valence electrons. The summed E-state index contributed by atoms with van der Waals surface area (Å²) in [6.07, 6.45) is 0.891. The number of amides is 2. The van der Waals surface area contributed by atoms with Crippen LogP contribution in [-0.4, -0.2) is 50.8 Å². The van der Waals surface area contributed by atoms with Crippen LogP contribution in [0.15, 0.2) is 29.2 Å². The SMILES string of the molecule is CCOC(=O)C1CCN(C(=O)C(=O)Nc2ccc(S(N)(=O)=O)cc2)CC1. The molecular formula is C16H21N3O6S. The summed E-state index contributed by atoms with van der Waals surface area (Å²) in [5, 5.41) is 7.41. The average Bonchev–Trinajstić information content (AvgIpc) is 2.61. The van der Waals surface area contributed by atoms with E-state index in [-0.39, 0.29) is 22.5 Å². The molecule has 0 unspecified atom stereocenters. The first-order valence-corrected chi connectivity index (χ1v) is 9.66. The molecule has 1 aliphatic heterocycles. The first kappa shape index (κ1) is 19.9. The summed E-state index contributed by atoms with van der Waals surface area (Å²) in [6, 6.07) is 5.16. The summed E-state index contributed by atoms with van der Waals surface area (Å²) in [7, 11) is -3.82. The summed E-state index contributed by atoms with van der Waals surface area (Å²) in [5.74, 6) is -2.07.